The Labute approximate surface area is 108 Å². The molecule has 1 aromatic heterocycles. The summed E-state index contributed by atoms with van der Waals surface area (Å²) in [4.78, 5) is 13.1. The lowest BCUT2D eigenvalue weighted by Gasteiger charge is -2.40. The minimum absolute atomic E-state index is 0.144. The molecule has 2 rings (SSSR count). The largest absolute Gasteiger partial charge is 0.330 e. The summed E-state index contributed by atoms with van der Waals surface area (Å²) in [6, 6.07) is 2.03. The van der Waals surface area contributed by atoms with Crippen molar-refractivity contribution >= 4 is 33.0 Å². The van der Waals surface area contributed by atoms with Gasteiger partial charge in [-0.2, -0.15) is 0 Å². The average Bonchev–Trinajstić information content (AvgIpc) is 2.57. The van der Waals surface area contributed by atoms with E-state index in [-0.39, 0.29) is 5.41 Å². The zero-order valence-electron chi connectivity index (χ0n) is 9.17. The van der Waals surface area contributed by atoms with Gasteiger partial charge in [-0.1, -0.05) is 6.42 Å². The third-order valence-electron chi connectivity index (χ3n) is 3.41. The van der Waals surface area contributed by atoms with E-state index in [4.69, 9.17) is 5.73 Å². The van der Waals surface area contributed by atoms with Gasteiger partial charge in [0.1, 0.15) is 5.78 Å². The smallest absolute Gasteiger partial charge is 0.138 e. The van der Waals surface area contributed by atoms with Crippen LogP contribution in [0, 0.1) is 5.41 Å². The van der Waals surface area contributed by atoms with Crippen molar-refractivity contribution in [1.82, 2.24) is 0 Å². The van der Waals surface area contributed by atoms with Crippen LogP contribution in [0.15, 0.2) is 15.9 Å². The van der Waals surface area contributed by atoms with E-state index in [1.807, 2.05) is 11.4 Å². The summed E-state index contributed by atoms with van der Waals surface area (Å²) < 4.78 is 1.07. The number of ketones is 1. The summed E-state index contributed by atoms with van der Waals surface area (Å²) in [6.07, 6.45) is 4.72. The predicted molar refractivity (Wildman–Crippen MR) is 70.7 cm³/mol. The van der Waals surface area contributed by atoms with Crippen LogP contribution in [-0.2, 0) is 11.2 Å². The van der Waals surface area contributed by atoms with Gasteiger partial charge in [0.05, 0.1) is 0 Å². The van der Waals surface area contributed by atoms with Crippen LogP contribution in [-0.4, -0.2) is 12.3 Å². The fourth-order valence-corrected chi connectivity index (χ4v) is 3.73. The first-order chi connectivity index (χ1) is 7.63. The van der Waals surface area contributed by atoms with Gasteiger partial charge in [0.25, 0.3) is 0 Å². The van der Waals surface area contributed by atoms with Crippen molar-refractivity contribution in [3.8, 4) is 0 Å². The minimum atomic E-state index is 0.144. The van der Waals surface area contributed by atoms with Gasteiger partial charge in [-0.3, -0.25) is 4.79 Å². The first-order valence-corrected chi connectivity index (χ1v) is 7.25. The molecule has 0 aromatic carbocycles. The molecule has 2 nitrogen and oxygen atoms in total. The molecule has 1 saturated carbocycles. The zero-order valence-corrected chi connectivity index (χ0v) is 11.6. The van der Waals surface area contributed by atoms with E-state index in [2.05, 4.69) is 15.9 Å². The Morgan fingerprint density at radius 2 is 2.31 bits per heavy atom. The molecule has 0 bridgehead atoms. The molecule has 88 valence electrons. The number of carbonyl (C=O) groups is 1. The summed E-state index contributed by atoms with van der Waals surface area (Å²) in [6.45, 7) is 0.660. The number of thiophene rings is 1. The van der Waals surface area contributed by atoms with Crippen LogP contribution in [0.3, 0.4) is 0 Å². The first-order valence-electron chi connectivity index (χ1n) is 5.58. The fourth-order valence-electron chi connectivity index (χ4n) is 2.25. The Kier molecular flexibility index (Phi) is 3.82. The number of nitrogens with two attached hydrogens (primary N) is 1. The third-order valence-corrected chi connectivity index (χ3v) is 5.11. The topological polar surface area (TPSA) is 43.1 Å². The molecule has 0 atom stereocenters. The zero-order chi connectivity index (χ0) is 11.6. The van der Waals surface area contributed by atoms with Crippen molar-refractivity contribution in [2.45, 2.75) is 32.1 Å². The van der Waals surface area contributed by atoms with Gasteiger partial charge >= 0.3 is 0 Å². The highest BCUT2D eigenvalue weighted by molar-refractivity contribution is 9.10. The van der Waals surface area contributed by atoms with E-state index in [0.717, 1.165) is 22.2 Å². The van der Waals surface area contributed by atoms with Crippen LogP contribution in [0.1, 0.15) is 30.6 Å². The second-order valence-corrected chi connectivity index (χ2v) is 6.59. The molecule has 16 heavy (non-hydrogen) atoms. The molecule has 1 heterocycles. The lowest BCUT2D eigenvalue weighted by Crippen LogP contribution is -2.39. The van der Waals surface area contributed by atoms with E-state index in [1.165, 1.54) is 6.42 Å². The molecule has 4 heteroatoms. The van der Waals surface area contributed by atoms with Crippen molar-refractivity contribution in [2.75, 3.05) is 6.54 Å². The molecule has 1 fully saturated rings. The lowest BCUT2D eigenvalue weighted by atomic mass is 9.66. The van der Waals surface area contributed by atoms with Gasteiger partial charge in [0.15, 0.2) is 0 Å². The highest BCUT2D eigenvalue weighted by Crippen LogP contribution is 2.43. The van der Waals surface area contributed by atoms with Crippen molar-refractivity contribution in [2.24, 2.45) is 11.1 Å². The van der Waals surface area contributed by atoms with Gasteiger partial charge in [-0.25, -0.2) is 0 Å². The van der Waals surface area contributed by atoms with Crippen LogP contribution in [0.25, 0.3) is 0 Å². The first kappa shape index (κ1) is 12.3. The fraction of sp³-hybridized carbons (Fsp3) is 0.583. The Bertz CT molecular complexity index is 379. The second kappa shape index (κ2) is 4.98. The lowest BCUT2D eigenvalue weighted by molar-refractivity contribution is -0.121. The normalized spacial score (nSPS) is 18.1. The van der Waals surface area contributed by atoms with Gasteiger partial charge in [-0.15, -0.1) is 11.3 Å². The standard InChI is InChI=1S/C12H16BrNOS/c13-9-4-11(16-7-9)5-10(15)6-12(8-14)2-1-3-12/h4,7H,1-3,5-6,8,14H2. The molecule has 0 unspecified atom stereocenters. The Balaban J connectivity index is 1.89. The van der Waals surface area contributed by atoms with E-state index < -0.39 is 0 Å². The Morgan fingerprint density at radius 1 is 1.56 bits per heavy atom. The second-order valence-electron chi connectivity index (χ2n) is 4.68. The molecule has 0 amide bonds. The van der Waals surface area contributed by atoms with E-state index in [1.54, 1.807) is 11.3 Å². The van der Waals surface area contributed by atoms with E-state index in [9.17, 15) is 4.79 Å². The van der Waals surface area contributed by atoms with Gasteiger partial charge < -0.3 is 5.73 Å². The van der Waals surface area contributed by atoms with Crippen LogP contribution < -0.4 is 5.73 Å². The summed E-state index contributed by atoms with van der Waals surface area (Å²) in [5, 5.41) is 2.02. The number of carbonyl (C=O) groups excluding carboxylic acids is 1. The van der Waals surface area contributed by atoms with Crippen molar-refractivity contribution < 1.29 is 4.79 Å². The molecule has 1 aliphatic rings. The molecule has 0 radical (unpaired) electrons. The highest BCUT2D eigenvalue weighted by atomic mass is 79.9. The van der Waals surface area contributed by atoms with Gasteiger partial charge in [-0.05, 0) is 46.8 Å². The monoisotopic (exact) mass is 301 g/mol. The van der Waals surface area contributed by atoms with Crippen LogP contribution in [0.2, 0.25) is 0 Å². The maximum absolute atomic E-state index is 11.9. The molecule has 2 N–H and O–H groups in total. The molecule has 1 aromatic rings. The summed E-state index contributed by atoms with van der Waals surface area (Å²) in [7, 11) is 0. The minimum Gasteiger partial charge on any atom is -0.330 e. The van der Waals surface area contributed by atoms with Crippen LogP contribution in [0.5, 0.6) is 0 Å². The molecule has 1 aliphatic carbocycles. The van der Waals surface area contributed by atoms with E-state index in [0.29, 0.717) is 25.2 Å². The average molecular weight is 302 g/mol. The van der Waals surface area contributed by atoms with Crippen molar-refractivity contribution in [3.63, 3.8) is 0 Å². The molecule has 0 saturated heterocycles. The maximum atomic E-state index is 11.9. The molecule has 0 spiro atoms. The summed E-state index contributed by atoms with van der Waals surface area (Å²) in [5.41, 5.74) is 5.90. The van der Waals surface area contributed by atoms with Crippen LogP contribution >= 0.6 is 27.3 Å². The predicted octanol–water partition coefficient (Wildman–Crippen LogP) is 3.14. The molecular weight excluding hydrogens is 286 g/mol. The SMILES string of the molecule is NCC1(CC(=O)Cc2cc(Br)cs2)CCC1. The number of hydrogen-bond acceptors (Lipinski definition) is 3. The summed E-state index contributed by atoms with van der Waals surface area (Å²) >= 11 is 5.04. The van der Waals surface area contributed by atoms with E-state index >= 15 is 0 Å². The maximum Gasteiger partial charge on any atom is 0.138 e. The Morgan fingerprint density at radius 3 is 2.75 bits per heavy atom. The number of Topliss-reactive ketones (excluding diaryl/α,β-unsaturated/α-hetero) is 1. The molecule has 0 aliphatic heterocycles. The highest BCUT2D eigenvalue weighted by Gasteiger charge is 2.37. The Hall–Kier alpha value is -0.190. The van der Waals surface area contributed by atoms with Gasteiger partial charge in [0.2, 0.25) is 0 Å². The van der Waals surface area contributed by atoms with Crippen molar-refractivity contribution in [3.05, 3.63) is 20.8 Å². The van der Waals surface area contributed by atoms with Crippen molar-refractivity contribution in [1.29, 1.82) is 0 Å². The third kappa shape index (κ3) is 2.73. The summed E-state index contributed by atoms with van der Waals surface area (Å²) in [5.74, 6) is 0.333. The number of hydrogen-bond donors (Lipinski definition) is 1. The quantitative estimate of drug-likeness (QED) is 0.908. The molecular formula is C12H16BrNOS. The number of rotatable bonds is 5. The van der Waals surface area contributed by atoms with Crippen LogP contribution in [0.4, 0.5) is 0 Å². The number of halogens is 1. The van der Waals surface area contributed by atoms with Gasteiger partial charge in [0, 0.05) is 27.6 Å².